The van der Waals surface area contributed by atoms with Gasteiger partial charge >= 0.3 is 6.80 Å². The Morgan fingerprint density at radius 3 is 2.22 bits per heavy atom. The molecule has 4 aliphatic heterocycles. The molecule has 6 N–H and O–H groups in total. The molecule has 8 aromatic rings. The van der Waals surface area contributed by atoms with Gasteiger partial charge in [0.15, 0.2) is 41.9 Å². The van der Waals surface area contributed by atoms with Crippen molar-refractivity contribution < 1.29 is 59.9 Å². The lowest BCUT2D eigenvalue weighted by molar-refractivity contribution is -0.124. The van der Waals surface area contributed by atoms with Crippen LogP contribution in [0, 0.1) is 0 Å². The summed E-state index contributed by atoms with van der Waals surface area (Å²) >= 11 is 0.694. The van der Waals surface area contributed by atoms with Crippen LogP contribution in [0.3, 0.4) is 0 Å². The normalized spacial score (nSPS) is 25.6. The van der Waals surface area contributed by atoms with E-state index < -0.39 is 82.6 Å². The first kappa shape index (κ1) is 58.8. The lowest BCUT2D eigenvalue weighted by Gasteiger charge is -2.30. The molecule has 448 valence electrons. The molecule has 0 radical (unpaired) electrons. The molecule has 3 saturated heterocycles. The van der Waals surface area contributed by atoms with Gasteiger partial charge < -0.3 is 45.5 Å². The van der Waals surface area contributed by atoms with E-state index in [9.17, 15) is 18.9 Å². The van der Waals surface area contributed by atoms with Crippen LogP contribution in [-0.4, -0.2) is 131 Å². The molecule has 0 saturated carbocycles. The fraction of sp³-hybridized carbons (Fsp3) is 0.370. The Morgan fingerprint density at radius 1 is 0.779 bits per heavy atom. The lowest BCUT2D eigenvalue weighted by atomic mass is 9.95. The lowest BCUT2D eigenvalue weighted by Crippen LogP contribution is -2.37. The van der Waals surface area contributed by atoms with Gasteiger partial charge in [-0.15, -0.1) is 5.10 Å². The molecule has 10 atom stereocenters. The zero-order valence-corrected chi connectivity index (χ0v) is 48.9. The number of carbonyl (C=O) groups is 3. The van der Waals surface area contributed by atoms with E-state index in [1.807, 2.05) is 60.1 Å². The van der Waals surface area contributed by atoms with Crippen LogP contribution >= 0.6 is 25.7 Å². The highest BCUT2D eigenvalue weighted by Crippen LogP contribution is 2.65. The molecule has 32 heteroatoms. The zero-order chi connectivity index (χ0) is 59.9. The Kier molecular flexibility index (Phi) is 16.9. The number of halogens is 2. The average molecular weight is 1240 g/mol. The maximum absolute atomic E-state index is 17.0. The quantitative estimate of drug-likeness (QED) is 0.0456. The van der Waals surface area contributed by atoms with Crippen LogP contribution < -0.4 is 27.0 Å². The predicted molar refractivity (Wildman–Crippen MR) is 315 cm³/mol. The van der Waals surface area contributed by atoms with Gasteiger partial charge in [-0.05, 0) is 59.6 Å². The van der Waals surface area contributed by atoms with Crippen LogP contribution in [0.25, 0.3) is 44.8 Å². The number of nitrogens with two attached hydrogens (primary N) is 2. The summed E-state index contributed by atoms with van der Waals surface area (Å²) < 4.78 is 104. The van der Waals surface area contributed by atoms with Crippen LogP contribution in [-0.2, 0) is 69.9 Å². The SMILES string of the molecule is B[P@@]1(=O)OC[C@H]2O[C@@H](n3cnc4c(N)ccnc43)[C@H](F)[C@@H]2O[P@](=O)(SCc2ccc(NC(=O)CNC(=O)CCCCCn3nnc4c3-c3ccccc3CN(C(=O)CC)c3ccccc3-4)cc2)OC[C@H]2O[C@@H](n3cnc4c(N)ncnc43)[C@H](F)[C@@H]2O1. The molecule has 9 heterocycles. The number of pyridine rings is 1. The van der Waals surface area contributed by atoms with Crippen molar-refractivity contribution in [2.24, 2.45) is 0 Å². The summed E-state index contributed by atoms with van der Waals surface area (Å²) in [5.41, 5.74) is 19.2. The fourth-order valence-corrected chi connectivity index (χ4v) is 15.4. The third-order valence-corrected chi connectivity index (χ3v) is 20.0. The first-order chi connectivity index (χ1) is 41.5. The third-order valence-electron chi connectivity index (χ3n) is 15.1. The molecule has 26 nitrogen and oxygen atoms in total. The van der Waals surface area contributed by atoms with Gasteiger partial charge in [0.25, 0.3) is 15.0 Å². The number of nitrogens with zero attached hydrogens (tertiary/aromatic N) is 11. The molecule has 5 aromatic heterocycles. The van der Waals surface area contributed by atoms with E-state index >= 15 is 13.3 Å². The maximum Gasteiger partial charge on any atom is 0.389 e. The van der Waals surface area contributed by atoms with E-state index in [2.05, 4.69) is 45.9 Å². The summed E-state index contributed by atoms with van der Waals surface area (Å²) in [4.78, 5) is 61.9. The second-order valence-corrected chi connectivity index (χ2v) is 26.9. The van der Waals surface area contributed by atoms with Crippen LogP contribution in [0.15, 0.2) is 104 Å². The van der Waals surface area contributed by atoms with Crippen molar-refractivity contribution in [3.8, 4) is 22.5 Å². The number of rotatable bonds is 15. The van der Waals surface area contributed by atoms with Crippen molar-refractivity contribution in [2.75, 3.05) is 41.4 Å². The number of amides is 3. The number of carbonyl (C=O) groups excluding carboxylic acids is 3. The number of hydrogen-bond donors (Lipinski definition) is 4. The number of unbranched alkanes of at least 4 members (excludes halogenated alkanes) is 2. The average Bonchev–Trinajstić information content (AvgIpc) is 2.46. The van der Waals surface area contributed by atoms with Crippen LogP contribution in [0.2, 0.25) is 0 Å². The third kappa shape index (κ3) is 12.0. The van der Waals surface area contributed by atoms with Gasteiger partial charge in [0.2, 0.25) is 17.7 Å². The number of nitrogens with one attached hydrogen (secondary N) is 2. The van der Waals surface area contributed by atoms with Crippen molar-refractivity contribution in [2.45, 2.75) is 107 Å². The Balaban J connectivity index is 0.673. The minimum Gasteiger partial charge on any atom is -0.397 e. The Hall–Kier alpha value is -7.53. The maximum atomic E-state index is 17.0. The summed E-state index contributed by atoms with van der Waals surface area (Å²) in [5, 5.41) is 14.6. The number of aromatic nitrogens is 10. The molecule has 3 aromatic carbocycles. The first-order valence-corrected chi connectivity index (χ1v) is 32.8. The van der Waals surface area contributed by atoms with E-state index in [-0.39, 0.29) is 64.4 Å². The molecule has 3 fully saturated rings. The molecule has 4 aliphatic rings. The van der Waals surface area contributed by atoms with Gasteiger partial charge in [-0.1, -0.05) is 73.2 Å². The summed E-state index contributed by atoms with van der Waals surface area (Å²) in [5.74, 6) is -0.777. The molecular weight excluding hydrogens is 1180 g/mol. The van der Waals surface area contributed by atoms with Gasteiger partial charge in [0.1, 0.15) is 47.5 Å². The minimum atomic E-state index is -4.56. The van der Waals surface area contributed by atoms with Crippen LogP contribution in [0.4, 0.5) is 31.7 Å². The number of hydrogen-bond acceptors (Lipinski definition) is 21. The number of para-hydroxylation sites is 1. The van der Waals surface area contributed by atoms with Crippen molar-refractivity contribution in [3.63, 3.8) is 0 Å². The Bertz CT molecular complexity index is 3960. The summed E-state index contributed by atoms with van der Waals surface area (Å²) in [7, 11) is -3.11. The van der Waals surface area contributed by atoms with E-state index in [1.165, 1.54) is 40.4 Å². The van der Waals surface area contributed by atoms with Crippen LogP contribution in [0.1, 0.15) is 62.6 Å². The first-order valence-electron chi connectivity index (χ1n) is 27.7. The molecule has 12 rings (SSSR count). The summed E-state index contributed by atoms with van der Waals surface area (Å²) in [6.45, 7) is -3.35. The van der Waals surface area contributed by atoms with Crippen molar-refractivity contribution >= 4 is 96.1 Å². The molecular formula is C54H58BF2N15O11P2S. The number of benzene rings is 3. The number of fused-ring (bicyclic) bond motifs is 9. The predicted octanol–water partition coefficient (Wildman–Crippen LogP) is 7.00. The highest BCUT2D eigenvalue weighted by Gasteiger charge is 2.55. The molecule has 3 amide bonds. The largest absolute Gasteiger partial charge is 0.397 e. The van der Waals surface area contributed by atoms with E-state index in [0.29, 0.717) is 67.1 Å². The molecule has 0 unspecified atom stereocenters. The topological polar surface area (TPSA) is 325 Å². The van der Waals surface area contributed by atoms with Crippen molar-refractivity contribution in [3.05, 3.63) is 115 Å². The fourth-order valence-electron chi connectivity index (χ4n) is 10.8. The standard InChI is InChI=1S/C54H58BF2N15O11P2S/c1-2-41(75)69-23-31-10-5-6-11-33(31)47-44(34-12-7-8-13-36(34)69)67-68-72(47)21-9-3-4-14-39(73)61-22-40(74)66-32-17-15-30(16-18-32)26-86-85(77)79-25-38-48(42(56)53(81-38)71-29-65-46-50(59)62-27-63-52(46)71)82-84(55,76)78-24-37-49(83-85)43(57)54(80-37)70-28-64-45-35(58)19-20-60-51(45)70/h5-8,10-13,15-20,27-29,37-38,42-43,48-49,53-54H,2-4,9,14,21-26,55H2,1H3,(H2,58,60)(H,61,73)(H,66,74)(H2,59,62,63)/t37-,38-,42-,43-,48-,49-,53-,54-,84-,85-/m1/s1. The summed E-state index contributed by atoms with van der Waals surface area (Å²) in [6.07, 6.45) is -5.60. The number of aryl methyl sites for hydroxylation is 1. The Labute approximate surface area is 494 Å². The number of anilines is 4. The molecule has 0 spiro atoms. The van der Waals surface area contributed by atoms with Crippen LogP contribution in [0.5, 0.6) is 0 Å². The molecule has 0 aliphatic carbocycles. The monoisotopic (exact) mass is 1240 g/mol. The van der Waals surface area contributed by atoms with Gasteiger partial charge in [-0.3, -0.25) is 37.1 Å². The van der Waals surface area contributed by atoms with Gasteiger partial charge in [0, 0.05) is 48.2 Å². The molecule has 0 bridgehead atoms. The highest BCUT2D eigenvalue weighted by molar-refractivity contribution is 8.54. The van der Waals surface area contributed by atoms with Gasteiger partial charge in [-0.25, -0.2) is 42.9 Å². The minimum absolute atomic E-state index is 0.00886. The van der Waals surface area contributed by atoms with E-state index in [4.69, 9.17) is 39.0 Å². The number of ether oxygens (including phenoxy) is 2. The second-order valence-electron chi connectivity index (χ2n) is 20.9. The van der Waals surface area contributed by atoms with Gasteiger partial charge in [0.05, 0.1) is 56.0 Å². The summed E-state index contributed by atoms with van der Waals surface area (Å²) in [6, 6.07) is 23.7. The van der Waals surface area contributed by atoms with Gasteiger partial charge in [-0.2, -0.15) is 0 Å². The zero-order valence-electron chi connectivity index (χ0n) is 46.3. The number of imidazole rings is 2. The highest BCUT2D eigenvalue weighted by atomic mass is 32.7. The number of alkyl halides is 2. The van der Waals surface area contributed by atoms with E-state index in [1.54, 1.807) is 29.2 Å². The smallest absolute Gasteiger partial charge is 0.389 e. The number of nitrogen functional groups attached to an aromatic ring is 2. The Morgan fingerprint density at radius 2 is 1.47 bits per heavy atom. The van der Waals surface area contributed by atoms with Crippen molar-refractivity contribution in [1.82, 2.24) is 54.4 Å². The van der Waals surface area contributed by atoms with E-state index in [0.717, 1.165) is 35.6 Å². The van der Waals surface area contributed by atoms with Crippen molar-refractivity contribution in [1.29, 1.82) is 0 Å². The second kappa shape index (κ2) is 24.7. The molecule has 86 heavy (non-hydrogen) atoms.